The van der Waals surface area contributed by atoms with Crippen LogP contribution in [-0.4, -0.2) is 5.97 Å². The second-order valence-electron chi connectivity index (χ2n) is 4.37. The minimum absolute atomic E-state index is 0.392. The van der Waals surface area contributed by atoms with Gasteiger partial charge in [-0.1, -0.05) is 30.3 Å². The number of carbonyl (C=O) groups excluding carboxylic acids is 1. The molecule has 0 radical (unpaired) electrons. The van der Waals surface area contributed by atoms with E-state index in [0.717, 1.165) is 6.08 Å². The highest BCUT2D eigenvalue weighted by Crippen LogP contribution is 2.29. The zero-order valence-electron chi connectivity index (χ0n) is 11.6. The van der Waals surface area contributed by atoms with Gasteiger partial charge in [-0.05, 0) is 11.6 Å². The van der Waals surface area contributed by atoms with Gasteiger partial charge >= 0.3 is 5.97 Å². The van der Waals surface area contributed by atoms with Crippen LogP contribution in [0.3, 0.4) is 0 Å². The topological polar surface area (TPSA) is 50.1 Å². The lowest BCUT2D eigenvalue weighted by atomic mass is 10.1. The van der Waals surface area contributed by atoms with Crippen molar-refractivity contribution in [1.82, 2.24) is 0 Å². The maximum absolute atomic E-state index is 13.5. The van der Waals surface area contributed by atoms with Crippen LogP contribution < -0.4 is 4.74 Å². The molecule has 0 aliphatic rings. The van der Waals surface area contributed by atoms with Crippen LogP contribution in [0.1, 0.15) is 5.56 Å². The number of hydrogen-bond donors (Lipinski definition) is 0. The van der Waals surface area contributed by atoms with E-state index in [1.807, 2.05) is 0 Å². The average molecular weight is 339 g/mol. The molecule has 0 saturated heterocycles. The minimum atomic E-state index is -2.38. The molecular weight excluding hydrogens is 333 g/mol. The second-order valence-corrected chi connectivity index (χ2v) is 4.37. The largest absolute Gasteiger partial charge is 0.416 e. The maximum Gasteiger partial charge on any atom is 0.354 e. The molecule has 0 heterocycles. The van der Waals surface area contributed by atoms with Crippen molar-refractivity contribution in [3.8, 4) is 11.8 Å². The summed E-state index contributed by atoms with van der Waals surface area (Å²) in [5, 5.41) is 8.91. The smallest absolute Gasteiger partial charge is 0.354 e. The molecule has 0 bridgehead atoms. The van der Waals surface area contributed by atoms with Crippen LogP contribution in [0.2, 0.25) is 0 Å². The third-order valence-corrected chi connectivity index (χ3v) is 2.82. The second kappa shape index (κ2) is 6.91. The first kappa shape index (κ1) is 17.1. The Morgan fingerprint density at radius 3 is 1.92 bits per heavy atom. The summed E-state index contributed by atoms with van der Waals surface area (Å²) in [7, 11) is 0. The molecule has 3 nitrogen and oxygen atoms in total. The third-order valence-electron chi connectivity index (χ3n) is 2.82. The lowest BCUT2D eigenvalue weighted by Crippen LogP contribution is -2.14. The van der Waals surface area contributed by atoms with Gasteiger partial charge in [0.05, 0.1) is 0 Å². The van der Waals surface area contributed by atoms with Crippen molar-refractivity contribution in [2.24, 2.45) is 0 Å². The SMILES string of the molecule is N#C/C(=C/c1ccccc1)C(=O)Oc1c(F)c(F)c(F)c(F)c1F. The standard InChI is InChI=1S/C16H6F5NO2/c17-10-11(18)13(20)15(14(21)12(10)19)24-16(23)9(7-22)6-8-4-2-1-3-5-8/h1-6H/b9-6-. The Hall–Kier alpha value is -3.21. The molecule has 2 rings (SSSR count). The Kier molecular flexibility index (Phi) is 4.94. The monoisotopic (exact) mass is 339 g/mol. The third kappa shape index (κ3) is 3.25. The van der Waals surface area contributed by atoms with Crippen LogP contribution in [0, 0.1) is 40.4 Å². The lowest BCUT2D eigenvalue weighted by Gasteiger charge is -2.08. The summed E-state index contributed by atoms with van der Waals surface area (Å²) < 4.78 is 70.1. The van der Waals surface area contributed by atoms with Crippen LogP contribution in [-0.2, 0) is 4.79 Å². The van der Waals surface area contributed by atoms with E-state index in [9.17, 15) is 26.7 Å². The van der Waals surface area contributed by atoms with Crippen molar-refractivity contribution in [2.45, 2.75) is 0 Å². The van der Waals surface area contributed by atoms with Gasteiger partial charge in [0.25, 0.3) is 0 Å². The van der Waals surface area contributed by atoms with E-state index in [-0.39, 0.29) is 0 Å². The van der Waals surface area contributed by atoms with Gasteiger partial charge in [-0.15, -0.1) is 0 Å². The van der Waals surface area contributed by atoms with Crippen molar-refractivity contribution in [3.05, 3.63) is 70.6 Å². The molecule has 0 unspecified atom stereocenters. The van der Waals surface area contributed by atoms with Crippen molar-refractivity contribution >= 4 is 12.0 Å². The van der Waals surface area contributed by atoms with Crippen LogP contribution in [0.15, 0.2) is 35.9 Å². The summed E-state index contributed by atoms with van der Waals surface area (Å²) in [5.74, 6) is -14.9. The predicted molar refractivity (Wildman–Crippen MR) is 71.9 cm³/mol. The van der Waals surface area contributed by atoms with E-state index in [0.29, 0.717) is 5.56 Å². The number of rotatable bonds is 3. The number of nitriles is 1. The Morgan fingerprint density at radius 1 is 0.917 bits per heavy atom. The lowest BCUT2D eigenvalue weighted by molar-refractivity contribution is -0.130. The number of halogens is 5. The molecule has 0 fully saturated rings. The molecule has 0 saturated carbocycles. The molecule has 8 heteroatoms. The molecule has 2 aromatic rings. The van der Waals surface area contributed by atoms with Gasteiger partial charge in [-0.2, -0.15) is 14.0 Å². The maximum atomic E-state index is 13.5. The Bertz CT molecular complexity index is 843. The van der Waals surface area contributed by atoms with Gasteiger partial charge in [0.2, 0.25) is 34.8 Å². The first-order valence-corrected chi connectivity index (χ1v) is 6.27. The highest BCUT2D eigenvalue weighted by molar-refractivity contribution is 5.99. The van der Waals surface area contributed by atoms with Crippen LogP contribution in [0.5, 0.6) is 5.75 Å². The normalized spacial score (nSPS) is 11.1. The van der Waals surface area contributed by atoms with Crippen LogP contribution in [0.4, 0.5) is 22.0 Å². The van der Waals surface area contributed by atoms with E-state index >= 15 is 0 Å². The van der Waals surface area contributed by atoms with E-state index in [1.165, 1.54) is 18.2 Å². The predicted octanol–water partition coefficient (Wildman–Crippen LogP) is 3.89. The number of carbonyl (C=O) groups is 1. The molecule has 122 valence electrons. The van der Waals surface area contributed by atoms with E-state index in [4.69, 9.17) is 5.26 Å². The quantitative estimate of drug-likeness (QED) is 0.162. The molecular formula is C16H6F5NO2. The van der Waals surface area contributed by atoms with Crippen molar-refractivity contribution in [3.63, 3.8) is 0 Å². The van der Waals surface area contributed by atoms with Gasteiger partial charge in [0, 0.05) is 0 Å². The van der Waals surface area contributed by atoms with Gasteiger partial charge in [0.15, 0.2) is 0 Å². The average Bonchev–Trinajstić information content (AvgIpc) is 2.60. The van der Waals surface area contributed by atoms with E-state index in [1.54, 1.807) is 18.2 Å². The molecule has 0 aliphatic carbocycles. The first-order valence-electron chi connectivity index (χ1n) is 6.27. The minimum Gasteiger partial charge on any atom is -0.416 e. The number of ether oxygens (including phenoxy) is 1. The van der Waals surface area contributed by atoms with Gasteiger partial charge in [-0.3, -0.25) is 0 Å². The zero-order chi connectivity index (χ0) is 17.9. The fourth-order valence-electron chi connectivity index (χ4n) is 1.67. The molecule has 0 spiro atoms. The van der Waals surface area contributed by atoms with E-state index in [2.05, 4.69) is 4.74 Å². The Balaban J connectivity index is 2.40. The van der Waals surface area contributed by atoms with Crippen molar-refractivity contribution < 1.29 is 31.5 Å². The molecule has 24 heavy (non-hydrogen) atoms. The summed E-state index contributed by atoms with van der Waals surface area (Å²) in [6.07, 6.45) is 1.04. The van der Waals surface area contributed by atoms with Crippen LogP contribution in [0.25, 0.3) is 6.08 Å². The number of nitrogens with zero attached hydrogens (tertiary/aromatic N) is 1. The van der Waals surface area contributed by atoms with Gasteiger partial charge in [0.1, 0.15) is 11.6 Å². The molecule has 2 aromatic carbocycles. The fourth-order valence-corrected chi connectivity index (χ4v) is 1.67. The molecule has 0 N–H and O–H groups in total. The highest BCUT2D eigenvalue weighted by atomic mass is 19.2. The summed E-state index contributed by atoms with van der Waals surface area (Å²) in [6, 6.07) is 9.31. The Labute approximate surface area is 132 Å². The number of esters is 1. The van der Waals surface area contributed by atoms with Crippen molar-refractivity contribution in [1.29, 1.82) is 5.26 Å². The summed E-state index contributed by atoms with van der Waals surface area (Å²) in [6.45, 7) is 0. The molecule has 0 atom stereocenters. The molecule has 0 aromatic heterocycles. The summed E-state index contributed by atoms with van der Waals surface area (Å²) >= 11 is 0. The first-order chi connectivity index (χ1) is 11.4. The van der Waals surface area contributed by atoms with Gasteiger partial charge in [-0.25, -0.2) is 18.0 Å². The summed E-state index contributed by atoms with van der Waals surface area (Å²) in [4.78, 5) is 11.8. The highest BCUT2D eigenvalue weighted by Gasteiger charge is 2.29. The number of benzene rings is 2. The Morgan fingerprint density at radius 2 is 1.42 bits per heavy atom. The zero-order valence-corrected chi connectivity index (χ0v) is 11.6. The molecule has 0 aliphatic heterocycles. The molecule has 0 amide bonds. The number of hydrogen-bond acceptors (Lipinski definition) is 3. The summed E-state index contributed by atoms with van der Waals surface area (Å²) in [5.41, 5.74) is -0.298. The van der Waals surface area contributed by atoms with Crippen molar-refractivity contribution in [2.75, 3.05) is 0 Å². The van der Waals surface area contributed by atoms with Gasteiger partial charge < -0.3 is 4.74 Å². The van der Waals surface area contributed by atoms with Crippen LogP contribution >= 0.6 is 0 Å². The fraction of sp³-hybridized carbons (Fsp3) is 0. The van der Waals surface area contributed by atoms with E-state index < -0.39 is 46.4 Å².